The van der Waals surface area contributed by atoms with Gasteiger partial charge in [-0.2, -0.15) is 0 Å². The fraction of sp³-hybridized carbons (Fsp3) is 0.150. The minimum absolute atomic E-state index is 0.100. The van der Waals surface area contributed by atoms with Crippen molar-refractivity contribution in [3.63, 3.8) is 0 Å². The van der Waals surface area contributed by atoms with E-state index in [0.29, 0.717) is 11.3 Å². The van der Waals surface area contributed by atoms with E-state index >= 15 is 0 Å². The normalized spacial score (nSPS) is 10.7. The molecule has 0 aromatic heterocycles. The number of hydrogen-bond donors (Lipinski definition) is 0. The summed E-state index contributed by atoms with van der Waals surface area (Å²) in [6.07, 6.45) is 0.100. The van der Waals surface area contributed by atoms with Gasteiger partial charge in [0.1, 0.15) is 11.5 Å². The van der Waals surface area contributed by atoms with Crippen molar-refractivity contribution in [2.24, 2.45) is 0 Å². The molecule has 0 N–H and O–H groups in total. The highest BCUT2D eigenvalue weighted by Gasteiger charge is 2.11. The van der Waals surface area contributed by atoms with E-state index < -0.39 is 0 Å². The molecule has 0 fully saturated rings. The third-order valence-corrected chi connectivity index (χ3v) is 3.41. The Bertz CT molecular complexity index is 814. The zero-order valence-electron chi connectivity index (χ0n) is 13.2. The molecule has 0 amide bonds. The van der Waals surface area contributed by atoms with E-state index in [1.54, 1.807) is 30.3 Å². The first kappa shape index (κ1) is 15.1. The second-order valence-electron chi connectivity index (χ2n) is 5.56. The lowest BCUT2D eigenvalue weighted by Gasteiger charge is -2.10. The van der Waals surface area contributed by atoms with Crippen molar-refractivity contribution in [2.75, 3.05) is 0 Å². The van der Waals surface area contributed by atoms with Crippen LogP contribution in [0.15, 0.2) is 66.7 Å². The van der Waals surface area contributed by atoms with Gasteiger partial charge in [0.05, 0.1) is 11.7 Å². The molecule has 3 aromatic rings. The second kappa shape index (κ2) is 6.53. The molecule has 3 heteroatoms. The molecule has 0 bridgehead atoms. The van der Waals surface area contributed by atoms with E-state index in [1.807, 2.05) is 50.2 Å². The van der Waals surface area contributed by atoms with Gasteiger partial charge in [0.2, 0.25) is 0 Å². The number of esters is 1. The molecule has 3 aromatic carbocycles. The average molecular weight is 306 g/mol. The molecular weight excluding hydrogens is 288 g/mol. The molecule has 3 nitrogen and oxygen atoms in total. The zero-order valence-corrected chi connectivity index (χ0v) is 13.2. The van der Waals surface area contributed by atoms with E-state index in [-0.39, 0.29) is 12.1 Å². The van der Waals surface area contributed by atoms with Crippen LogP contribution in [-0.4, -0.2) is 12.1 Å². The molecule has 0 aliphatic heterocycles. The summed E-state index contributed by atoms with van der Waals surface area (Å²) in [5.41, 5.74) is 0.494. The fourth-order valence-corrected chi connectivity index (χ4v) is 2.39. The van der Waals surface area contributed by atoms with Crippen LogP contribution >= 0.6 is 0 Å². The van der Waals surface area contributed by atoms with Crippen molar-refractivity contribution >= 4 is 16.7 Å². The van der Waals surface area contributed by atoms with Crippen molar-refractivity contribution in [3.8, 4) is 11.5 Å². The Hall–Kier alpha value is -2.81. The summed E-state index contributed by atoms with van der Waals surface area (Å²) >= 11 is 0. The van der Waals surface area contributed by atoms with Gasteiger partial charge in [0, 0.05) is 5.39 Å². The van der Waals surface area contributed by atoms with Crippen LogP contribution in [0.25, 0.3) is 10.8 Å². The minimum atomic E-state index is -0.377. The molecule has 0 aliphatic rings. The van der Waals surface area contributed by atoms with Gasteiger partial charge in [-0.1, -0.05) is 36.4 Å². The summed E-state index contributed by atoms with van der Waals surface area (Å²) < 4.78 is 11.1. The third kappa shape index (κ3) is 3.51. The van der Waals surface area contributed by atoms with Gasteiger partial charge in [-0.25, -0.2) is 4.79 Å². The van der Waals surface area contributed by atoms with Gasteiger partial charge >= 0.3 is 5.97 Å². The van der Waals surface area contributed by atoms with Crippen LogP contribution in [0.1, 0.15) is 24.2 Å². The van der Waals surface area contributed by atoms with E-state index in [4.69, 9.17) is 9.47 Å². The van der Waals surface area contributed by atoms with Crippen molar-refractivity contribution < 1.29 is 14.3 Å². The number of fused-ring (bicyclic) bond motifs is 1. The first-order valence-corrected chi connectivity index (χ1v) is 7.60. The Morgan fingerprint density at radius 3 is 2.30 bits per heavy atom. The van der Waals surface area contributed by atoms with Crippen LogP contribution in [0.5, 0.6) is 11.5 Å². The van der Waals surface area contributed by atoms with Gasteiger partial charge in [-0.3, -0.25) is 0 Å². The van der Waals surface area contributed by atoms with Crippen LogP contribution in [0.2, 0.25) is 0 Å². The monoisotopic (exact) mass is 306 g/mol. The van der Waals surface area contributed by atoms with E-state index in [1.165, 1.54) is 0 Å². The smallest absolute Gasteiger partial charge is 0.343 e. The summed E-state index contributed by atoms with van der Waals surface area (Å²) in [6.45, 7) is 3.92. The van der Waals surface area contributed by atoms with Gasteiger partial charge < -0.3 is 9.47 Å². The maximum absolute atomic E-state index is 12.3. The lowest BCUT2D eigenvalue weighted by atomic mass is 10.1. The number of ether oxygens (including phenoxy) is 2. The predicted molar refractivity (Wildman–Crippen MR) is 91.1 cm³/mol. The Morgan fingerprint density at radius 1 is 0.870 bits per heavy atom. The Morgan fingerprint density at radius 2 is 1.57 bits per heavy atom. The number of rotatable bonds is 4. The van der Waals surface area contributed by atoms with Gasteiger partial charge in [-0.05, 0) is 49.6 Å². The van der Waals surface area contributed by atoms with Crippen LogP contribution in [0.4, 0.5) is 0 Å². The first-order valence-electron chi connectivity index (χ1n) is 7.60. The molecule has 0 heterocycles. The third-order valence-electron chi connectivity index (χ3n) is 3.41. The number of carbonyl (C=O) groups is 1. The molecule has 0 atom stereocenters. The molecule has 0 saturated heterocycles. The van der Waals surface area contributed by atoms with E-state index in [0.717, 1.165) is 16.5 Å². The quantitative estimate of drug-likeness (QED) is 0.511. The highest BCUT2D eigenvalue weighted by atomic mass is 16.5. The van der Waals surface area contributed by atoms with Crippen LogP contribution < -0.4 is 9.47 Å². The lowest BCUT2D eigenvalue weighted by Crippen LogP contribution is -2.09. The van der Waals surface area contributed by atoms with E-state index in [2.05, 4.69) is 0 Å². The minimum Gasteiger partial charge on any atom is -0.491 e. The molecule has 116 valence electrons. The molecule has 0 spiro atoms. The van der Waals surface area contributed by atoms with Crippen LogP contribution in [-0.2, 0) is 0 Å². The maximum atomic E-state index is 12.3. The fourth-order valence-electron chi connectivity index (χ4n) is 2.39. The van der Waals surface area contributed by atoms with Crippen molar-refractivity contribution in [2.45, 2.75) is 20.0 Å². The summed E-state index contributed by atoms with van der Waals surface area (Å²) in [7, 11) is 0. The van der Waals surface area contributed by atoms with Crippen LogP contribution in [0.3, 0.4) is 0 Å². The molecule has 23 heavy (non-hydrogen) atoms. The highest BCUT2D eigenvalue weighted by molar-refractivity contribution is 5.95. The summed E-state index contributed by atoms with van der Waals surface area (Å²) in [6, 6.07) is 20.5. The Balaban J connectivity index is 1.81. The number of hydrogen-bond acceptors (Lipinski definition) is 3. The van der Waals surface area contributed by atoms with Crippen molar-refractivity contribution in [3.05, 3.63) is 72.3 Å². The second-order valence-corrected chi connectivity index (χ2v) is 5.56. The molecule has 0 saturated carbocycles. The topological polar surface area (TPSA) is 35.5 Å². The molecular formula is C20H18O3. The first-order chi connectivity index (χ1) is 11.1. The van der Waals surface area contributed by atoms with Gasteiger partial charge in [0.25, 0.3) is 0 Å². The maximum Gasteiger partial charge on any atom is 0.343 e. The van der Waals surface area contributed by atoms with Crippen molar-refractivity contribution in [1.82, 2.24) is 0 Å². The number of benzene rings is 3. The molecule has 3 rings (SSSR count). The predicted octanol–water partition coefficient (Wildman–Crippen LogP) is 4.85. The van der Waals surface area contributed by atoms with Crippen LogP contribution in [0, 0.1) is 0 Å². The zero-order chi connectivity index (χ0) is 16.2. The van der Waals surface area contributed by atoms with Gasteiger partial charge in [0.15, 0.2) is 0 Å². The summed E-state index contributed by atoms with van der Waals surface area (Å²) in [4.78, 5) is 12.3. The highest BCUT2D eigenvalue weighted by Crippen LogP contribution is 2.26. The average Bonchev–Trinajstić information content (AvgIpc) is 2.55. The van der Waals surface area contributed by atoms with Gasteiger partial charge in [-0.15, -0.1) is 0 Å². The lowest BCUT2D eigenvalue weighted by molar-refractivity contribution is 0.0737. The number of carbonyl (C=O) groups excluding carboxylic acids is 1. The standard InChI is InChI=1S/C20H18O3/c1-14(2)22-17-12-10-16(11-13-17)20(21)23-19-9-5-7-15-6-3-4-8-18(15)19/h3-14H,1-2H3. The molecule has 0 unspecified atom stereocenters. The SMILES string of the molecule is CC(C)Oc1ccc(C(=O)Oc2cccc3ccccc23)cc1. The van der Waals surface area contributed by atoms with E-state index in [9.17, 15) is 4.79 Å². The molecule has 0 radical (unpaired) electrons. The molecule has 0 aliphatic carbocycles. The largest absolute Gasteiger partial charge is 0.491 e. The summed E-state index contributed by atoms with van der Waals surface area (Å²) in [5.74, 6) is 0.926. The Labute approximate surface area is 135 Å². The summed E-state index contributed by atoms with van der Waals surface area (Å²) in [5, 5.41) is 1.96. The Kier molecular flexibility index (Phi) is 4.29. The van der Waals surface area contributed by atoms with Crippen molar-refractivity contribution in [1.29, 1.82) is 0 Å².